The van der Waals surface area contributed by atoms with Gasteiger partial charge in [0.2, 0.25) is 5.13 Å². The van der Waals surface area contributed by atoms with Crippen LogP contribution in [0.25, 0.3) is 0 Å². The van der Waals surface area contributed by atoms with E-state index in [4.69, 9.17) is 4.74 Å². The zero-order valence-electron chi connectivity index (χ0n) is 17.1. The van der Waals surface area contributed by atoms with Gasteiger partial charge in [-0.3, -0.25) is 9.52 Å². The molecule has 2 aromatic rings. The Morgan fingerprint density at radius 1 is 1.23 bits per heavy atom. The van der Waals surface area contributed by atoms with Crippen LogP contribution < -0.4 is 9.46 Å². The second-order valence-electron chi connectivity index (χ2n) is 6.90. The first-order valence-corrected chi connectivity index (χ1v) is 13.2. The third kappa shape index (κ3) is 5.64. The Bertz CT molecular complexity index is 970. The topological polar surface area (TPSA) is 101 Å². The monoisotopic (exact) mass is 470 g/mol. The van der Waals surface area contributed by atoms with Crippen molar-refractivity contribution >= 4 is 44.2 Å². The maximum Gasteiger partial charge on any atom is 0.263 e. The van der Waals surface area contributed by atoms with Crippen LogP contribution in [0.15, 0.2) is 27.4 Å². The Labute approximate surface area is 185 Å². The van der Waals surface area contributed by atoms with Gasteiger partial charge in [-0.15, -0.1) is 10.2 Å². The fourth-order valence-corrected chi connectivity index (χ4v) is 6.07. The third-order valence-corrected chi connectivity index (χ3v) is 8.31. The van der Waals surface area contributed by atoms with E-state index in [9.17, 15) is 13.2 Å². The number of carbonyl (C=O) groups excluding carboxylic acids is 1. The molecule has 0 aliphatic carbocycles. The Kier molecular flexibility index (Phi) is 7.95. The van der Waals surface area contributed by atoms with E-state index in [1.165, 1.54) is 48.4 Å². The Balaban J connectivity index is 1.83. The highest BCUT2D eigenvalue weighted by Crippen LogP contribution is 2.29. The number of aromatic nitrogens is 2. The quantitative estimate of drug-likeness (QED) is 0.585. The van der Waals surface area contributed by atoms with Crippen LogP contribution in [-0.2, 0) is 10.0 Å². The average molecular weight is 471 g/mol. The summed E-state index contributed by atoms with van der Waals surface area (Å²) in [5, 5.41) is 8.11. The summed E-state index contributed by atoms with van der Waals surface area (Å²) in [7, 11) is -2.45. The lowest BCUT2D eigenvalue weighted by Crippen LogP contribution is -2.32. The smallest absolute Gasteiger partial charge is 0.263 e. The van der Waals surface area contributed by atoms with Crippen molar-refractivity contribution in [3.63, 3.8) is 0 Å². The van der Waals surface area contributed by atoms with Crippen LogP contribution in [0.2, 0.25) is 0 Å². The molecule has 3 rings (SSSR count). The number of ether oxygens (including phenoxy) is 1. The van der Waals surface area contributed by atoms with E-state index in [0.717, 1.165) is 37.9 Å². The molecule has 0 saturated carbocycles. The minimum Gasteiger partial charge on any atom is -0.496 e. The standard InChI is InChI=1S/C19H26N4O4S3/c1-3-12-28-19-21-20-18(29-19)22-30(25,26)14-8-9-16(27-2)15(13-14)17(24)23-10-6-4-5-7-11-23/h8-9,13H,3-7,10-12H2,1-2H3,(H,20,22). The van der Waals surface area contributed by atoms with Gasteiger partial charge in [0, 0.05) is 18.8 Å². The number of nitrogens with zero attached hydrogens (tertiary/aromatic N) is 3. The molecule has 0 bridgehead atoms. The van der Waals surface area contributed by atoms with Crippen LogP contribution >= 0.6 is 23.1 Å². The molecular formula is C19H26N4O4S3. The molecule has 0 atom stereocenters. The summed E-state index contributed by atoms with van der Waals surface area (Å²) in [5.41, 5.74) is 0.249. The Hall–Kier alpha value is -1.85. The fourth-order valence-electron chi connectivity index (χ4n) is 3.14. The molecule has 11 heteroatoms. The summed E-state index contributed by atoms with van der Waals surface area (Å²) >= 11 is 2.72. The highest BCUT2D eigenvalue weighted by molar-refractivity contribution is 8.01. The highest BCUT2D eigenvalue weighted by atomic mass is 32.2. The van der Waals surface area contributed by atoms with Crippen LogP contribution in [0.1, 0.15) is 49.4 Å². The van der Waals surface area contributed by atoms with E-state index in [1.807, 2.05) is 0 Å². The lowest BCUT2D eigenvalue weighted by atomic mass is 10.1. The molecule has 0 radical (unpaired) electrons. The first kappa shape index (κ1) is 22.8. The first-order valence-electron chi connectivity index (χ1n) is 9.91. The summed E-state index contributed by atoms with van der Waals surface area (Å²) in [6.07, 6.45) is 5.08. The maximum atomic E-state index is 13.1. The van der Waals surface area contributed by atoms with Crippen molar-refractivity contribution in [1.82, 2.24) is 15.1 Å². The number of likely N-dealkylation sites (tertiary alicyclic amines) is 1. The number of methoxy groups -OCH3 is 1. The van der Waals surface area contributed by atoms with E-state index < -0.39 is 10.0 Å². The second-order valence-corrected chi connectivity index (χ2v) is 10.9. The van der Waals surface area contributed by atoms with Crippen LogP contribution in [0.5, 0.6) is 5.75 Å². The van der Waals surface area contributed by atoms with Crippen molar-refractivity contribution in [3.05, 3.63) is 23.8 Å². The van der Waals surface area contributed by atoms with Gasteiger partial charge >= 0.3 is 0 Å². The van der Waals surface area contributed by atoms with E-state index in [1.54, 1.807) is 4.90 Å². The molecule has 1 N–H and O–H groups in total. The number of amides is 1. The number of sulfonamides is 1. The molecular weight excluding hydrogens is 444 g/mol. The predicted molar refractivity (Wildman–Crippen MR) is 119 cm³/mol. The van der Waals surface area contributed by atoms with Crippen LogP contribution in [0.3, 0.4) is 0 Å². The molecule has 1 aliphatic rings. The van der Waals surface area contributed by atoms with Gasteiger partial charge in [0.15, 0.2) is 4.34 Å². The zero-order valence-corrected chi connectivity index (χ0v) is 19.5. The number of rotatable bonds is 8. The van der Waals surface area contributed by atoms with Gasteiger partial charge < -0.3 is 9.64 Å². The number of thioether (sulfide) groups is 1. The largest absolute Gasteiger partial charge is 0.496 e. The van der Waals surface area contributed by atoms with Gasteiger partial charge in [-0.1, -0.05) is 42.9 Å². The molecule has 8 nitrogen and oxygen atoms in total. The molecule has 1 fully saturated rings. The molecule has 164 valence electrons. The van der Waals surface area contributed by atoms with Crippen molar-refractivity contribution < 1.29 is 17.9 Å². The second kappa shape index (κ2) is 10.5. The lowest BCUT2D eigenvalue weighted by molar-refractivity contribution is 0.0758. The average Bonchev–Trinajstić information content (AvgIpc) is 3.00. The molecule has 0 unspecified atom stereocenters. The van der Waals surface area contributed by atoms with E-state index in [2.05, 4.69) is 21.8 Å². The van der Waals surface area contributed by atoms with Gasteiger partial charge in [0.1, 0.15) is 5.75 Å². The Morgan fingerprint density at radius 2 is 1.97 bits per heavy atom. The Morgan fingerprint density at radius 3 is 2.63 bits per heavy atom. The summed E-state index contributed by atoms with van der Waals surface area (Å²) in [6.45, 7) is 3.40. The third-order valence-electron chi connectivity index (χ3n) is 4.66. The van der Waals surface area contributed by atoms with Gasteiger partial charge in [-0.05, 0) is 37.5 Å². The number of anilines is 1. The highest BCUT2D eigenvalue weighted by Gasteiger charge is 2.25. The minimum atomic E-state index is -3.92. The fraction of sp³-hybridized carbons (Fsp3) is 0.526. The molecule has 1 saturated heterocycles. The molecule has 1 aromatic carbocycles. The normalized spacial score (nSPS) is 14.9. The van der Waals surface area contributed by atoms with E-state index in [0.29, 0.717) is 23.2 Å². The maximum absolute atomic E-state index is 13.1. The van der Waals surface area contributed by atoms with Crippen LogP contribution in [0, 0.1) is 0 Å². The molecule has 1 aromatic heterocycles. The van der Waals surface area contributed by atoms with E-state index in [-0.39, 0.29) is 21.5 Å². The summed E-state index contributed by atoms with van der Waals surface area (Å²) < 4.78 is 34.3. The van der Waals surface area contributed by atoms with Gasteiger partial charge in [-0.25, -0.2) is 8.42 Å². The first-order chi connectivity index (χ1) is 14.4. The van der Waals surface area contributed by atoms with E-state index >= 15 is 0 Å². The van der Waals surface area contributed by atoms with Crippen molar-refractivity contribution in [1.29, 1.82) is 0 Å². The predicted octanol–water partition coefficient (Wildman–Crippen LogP) is 3.87. The van der Waals surface area contributed by atoms with Crippen molar-refractivity contribution in [2.45, 2.75) is 48.3 Å². The lowest BCUT2D eigenvalue weighted by Gasteiger charge is -2.22. The number of nitrogens with one attached hydrogen (secondary N) is 1. The molecule has 0 spiro atoms. The SMILES string of the molecule is CCCSc1nnc(NS(=O)(=O)c2ccc(OC)c(C(=O)N3CCCCCC3)c2)s1. The molecule has 2 heterocycles. The van der Waals surface area contributed by atoms with Crippen molar-refractivity contribution in [3.8, 4) is 5.75 Å². The molecule has 30 heavy (non-hydrogen) atoms. The summed E-state index contributed by atoms with van der Waals surface area (Å²) in [6, 6.07) is 4.32. The molecule has 1 amide bonds. The molecule has 1 aliphatic heterocycles. The number of hydrogen-bond donors (Lipinski definition) is 1. The summed E-state index contributed by atoms with van der Waals surface area (Å²) in [4.78, 5) is 14.8. The van der Waals surface area contributed by atoms with Crippen molar-refractivity contribution in [2.75, 3.05) is 30.7 Å². The number of hydrogen-bond acceptors (Lipinski definition) is 8. The summed E-state index contributed by atoms with van der Waals surface area (Å²) in [5.74, 6) is 1.04. The van der Waals surface area contributed by atoms with Gasteiger partial charge in [-0.2, -0.15) is 0 Å². The minimum absolute atomic E-state index is 0.0144. The zero-order chi connectivity index (χ0) is 21.6. The van der Waals surface area contributed by atoms with Crippen LogP contribution in [-0.4, -0.2) is 55.4 Å². The van der Waals surface area contributed by atoms with Crippen molar-refractivity contribution in [2.24, 2.45) is 0 Å². The number of benzene rings is 1. The van der Waals surface area contributed by atoms with Gasteiger partial charge in [0.25, 0.3) is 15.9 Å². The van der Waals surface area contributed by atoms with Crippen LogP contribution in [0.4, 0.5) is 5.13 Å². The van der Waals surface area contributed by atoms with Gasteiger partial charge in [0.05, 0.1) is 17.6 Å². The number of carbonyl (C=O) groups is 1.